The van der Waals surface area contributed by atoms with Gasteiger partial charge in [0.05, 0.1) is 16.3 Å². The second-order valence-corrected chi connectivity index (χ2v) is 9.41. The Kier molecular flexibility index (Phi) is 4.91. The third kappa shape index (κ3) is 3.79. The molecule has 0 atom stereocenters. The van der Waals surface area contributed by atoms with Crippen molar-refractivity contribution in [1.82, 2.24) is 4.98 Å². The number of hydrogen-bond donors (Lipinski definition) is 2. The summed E-state index contributed by atoms with van der Waals surface area (Å²) in [6.45, 7) is 1.83. The van der Waals surface area contributed by atoms with E-state index in [2.05, 4.69) is 15.0 Å². The summed E-state index contributed by atoms with van der Waals surface area (Å²) in [5.41, 5.74) is 2.81. The third-order valence-corrected chi connectivity index (χ3v) is 7.09. The molecule has 0 bridgehead atoms. The van der Waals surface area contributed by atoms with Gasteiger partial charge in [-0.25, -0.2) is 13.4 Å². The highest BCUT2D eigenvalue weighted by Gasteiger charge is 2.19. The van der Waals surface area contributed by atoms with Crippen molar-refractivity contribution >= 4 is 38.1 Å². The van der Waals surface area contributed by atoms with Crippen molar-refractivity contribution in [2.45, 2.75) is 31.1 Å². The van der Waals surface area contributed by atoms with Crippen molar-refractivity contribution in [2.24, 2.45) is 0 Å². The second kappa shape index (κ2) is 7.37. The van der Waals surface area contributed by atoms with E-state index < -0.39 is 10.0 Å². The predicted octanol–water partition coefficient (Wildman–Crippen LogP) is 3.99. The Hall–Kier alpha value is -2.71. The van der Waals surface area contributed by atoms with E-state index in [-0.39, 0.29) is 10.8 Å². The van der Waals surface area contributed by atoms with Crippen LogP contribution in [0.3, 0.4) is 0 Å². The number of para-hydroxylation sites is 1. The number of nitrogens with one attached hydrogen (secondary N) is 2. The lowest BCUT2D eigenvalue weighted by molar-refractivity contribution is 0.102. The Morgan fingerprint density at radius 3 is 2.54 bits per heavy atom. The molecule has 1 aliphatic rings. The molecule has 0 saturated heterocycles. The van der Waals surface area contributed by atoms with Gasteiger partial charge in [-0.05, 0) is 62.1 Å². The smallest absolute Gasteiger partial charge is 0.261 e. The Bertz CT molecular complexity index is 1110. The quantitative estimate of drug-likeness (QED) is 0.662. The predicted molar refractivity (Wildman–Crippen MR) is 111 cm³/mol. The molecule has 144 valence electrons. The number of benzene rings is 2. The Labute approximate surface area is 167 Å². The monoisotopic (exact) mass is 413 g/mol. The summed E-state index contributed by atoms with van der Waals surface area (Å²) in [5.74, 6) is -0.303. The standard InChI is InChI=1S/C20H19N3O3S2/c1-13-5-2-3-6-16(13)23-28(25,26)15-11-9-14(10-12-15)19(24)22-20-21-17-7-4-8-18(17)27-20/h2-3,5-6,9-12,23H,4,7-8H2,1H3,(H,21,22,24). The number of amides is 1. The topological polar surface area (TPSA) is 88.2 Å². The molecule has 0 saturated carbocycles. The van der Waals surface area contributed by atoms with Crippen LogP contribution in [0.25, 0.3) is 0 Å². The van der Waals surface area contributed by atoms with Crippen LogP contribution >= 0.6 is 11.3 Å². The maximum atomic E-state index is 12.6. The number of aromatic nitrogens is 1. The second-order valence-electron chi connectivity index (χ2n) is 6.64. The number of nitrogens with zero attached hydrogens (tertiary/aromatic N) is 1. The fourth-order valence-electron chi connectivity index (χ4n) is 3.09. The first-order chi connectivity index (χ1) is 13.4. The summed E-state index contributed by atoms with van der Waals surface area (Å²) in [6.07, 6.45) is 3.10. The van der Waals surface area contributed by atoms with Crippen LogP contribution in [0.5, 0.6) is 0 Å². The van der Waals surface area contributed by atoms with Gasteiger partial charge in [-0.2, -0.15) is 0 Å². The lowest BCUT2D eigenvalue weighted by Crippen LogP contribution is -2.15. The van der Waals surface area contributed by atoms with Crippen molar-refractivity contribution in [1.29, 1.82) is 0 Å². The summed E-state index contributed by atoms with van der Waals surface area (Å²) < 4.78 is 27.7. The van der Waals surface area contributed by atoms with Crippen molar-refractivity contribution in [3.8, 4) is 0 Å². The molecule has 1 heterocycles. The van der Waals surface area contributed by atoms with Gasteiger partial charge in [-0.3, -0.25) is 14.8 Å². The number of thiazole rings is 1. The van der Waals surface area contributed by atoms with Crippen molar-refractivity contribution < 1.29 is 13.2 Å². The number of hydrogen-bond acceptors (Lipinski definition) is 5. The minimum Gasteiger partial charge on any atom is -0.298 e. The molecular weight excluding hydrogens is 394 g/mol. The van der Waals surface area contributed by atoms with Gasteiger partial charge in [0, 0.05) is 10.4 Å². The molecule has 8 heteroatoms. The number of carbonyl (C=O) groups excluding carboxylic acids is 1. The minimum absolute atomic E-state index is 0.0977. The zero-order valence-corrected chi connectivity index (χ0v) is 16.9. The lowest BCUT2D eigenvalue weighted by Gasteiger charge is -2.10. The maximum Gasteiger partial charge on any atom is 0.261 e. The summed E-state index contributed by atoms with van der Waals surface area (Å²) in [6, 6.07) is 13.0. The first kappa shape index (κ1) is 18.6. The first-order valence-electron chi connectivity index (χ1n) is 8.91. The molecule has 3 aromatic rings. The van der Waals surface area contributed by atoms with Crippen molar-refractivity contribution in [3.05, 3.63) is 70.2 Å². The van der Waals surface area contributed by atoms with Crippen LogP contribution < -0.4 is 10.0 Å². The van der Waals surface area contributed by atoms with E-state index in [1.54, 1.807) is 12.1 Å². The molecule has 0 aliphatic heterocycles. The zero-order chi connectivity index (χ0) is 19.7. The molecule has 1 amide bonds. The molecule has 6 nitrogen and oxygen atoms in total. The number of sulfonamides is 1. The summed E-state index contributed by atoms with van der Waals surface area (Å²) in [4.78, 5) is 18.2. The van der Waals surface area contributed by atoms with Gasteiger partial charge in [0.1, 0.15) is 0 Å². The van der Waals surface area contributed by atoms with Gasteiger partial charge in [0.25, 0.3) is 15.9 Å². The highest BCUT2D eigenvalue weighted by molar-refractivity contribution is 7.92. The Balaban J connectivity index is 1.48. The molecule has 2 N–H and O–H groups in total. The van der Waals surface area contributed by atoms with E-state index in [0.717, 1.165) is 30.5 Å². The number of carbonyl (C=O) groups is 1. The number of aryl methyl sites for hydroxylation is 3. The van der Waals surface area contributed by atoms with Gasteiger partial charge in [0.15, 0.2) is 5.13 Å². The van der Waals surface area contributed by atoms with Crippen molar-refractivity contribution in [2.75, 3.05) is 10.0 Å². The average molecular weight is 414 g/mol. The zero-order valence-electron chi connectivity index (χ0n) is 15.2. The SMILES string of the molecule is Cc1ccccc1NS(=O)(=O)c1ccc(C(=O)Nc2nc3c(s2)CCC3)cc1. The van der Waals surface area contributed by atoms with E-state index >= 15 is 0 Å². The van der Waals surface area contributed by atoms with Crippen LogP contribution in [0.2, 0.25) is 0 Å². The minimum atomic E-state index is -3.73. The molecule has 2 aromatic carbocycles. The average Bonchev–Trinajstić information content (AvgIpc) is 3.25. The third-order valence-electron chi connectivity index (χ3n) is 4.63. The lowest BCUT2D eigenvalue weighted by atomic mass is 10.2. The number of anilines is 2. The van der Waals surface area contributed by atoms with Crippen LogP contribution in [0.1, 0.15) is 32.9 Å². The van der Waals surface area contributed by atoms with Crippen LogP contribution in [0.4, 0.5) is 10.8 Å². The van der Waals surface area contributed by atoms with E-state index in [1.807, 2.05) is 19.1 Å². The van der Waals surface area contributed by atoms with E-state index in [1.165, 1.54) is 40.5 Å². The highest BCUT2D eigenvalue weighted by Crippen LogP contribution is 2.30. The fraction of sp³-hybridized carbons (Fsp3) is 0.200. The molecular formula is C20H19N3O3S2. The van der Waals surface area contributed by atoms with Crippen LogP contribution in [0, 0.1) is 6.92 Å². The molecule has 0 unspecified atom stereocenters. The van der Waals surface area contributed by atoms with Crippen LogP contribution in [-0.4, -0.2) is 19.3 Å². The largest absolute Gasteiger partial charge is 0.298 e. The summed E-state index contributed by atoms with van der Waals surface area (Å²) in [5, 5.41) is 3.39. The maximum absolute atomic E-state index is 12.6. The van der Waals surface area contributed by atoms with Gasteiger partial charge >= 0.3 is 0 Å². The van der Waals surface area contributed by atoms with E-state index in [0.29, 0.717) is 16.4 Å². The molecule has 28 heavy (non-hydrogen) atoms. The molecule has 1 aliphatic carbocycles. The summed E-state index contributed by atoms with van der Waals surface area (Å²) >= 11 is 1.51. The Morgan fingerprint density at radius 2 is 1.82 bits per heavy atom. The van der Waals surface area contributed by atoms with Crippen molar-refractivity contribution in [3.63, 3.8) is 0 Å². The first-order valence-corrected chi connectivity index (χ1v) is 11.2. The normalized spacial score (nSPS) is 13.2. The van der Waals surface area contributed by atoms with Crippen LogP contribution in [0.15, 0.2) is 53.4 Å². The van der Waals surface area contributed by atoms with E-state index in [9.17, 15) is 13.2 Å². The van der Waals surface area contributed by atoms with Gasteiger partial charge in [-0.1, -0.05) is 18.2 Å². The molecule has 0 radical (unpaired) electrons. The van der Waals surface area contributed by atoms with Gasteiger partial charge in [0.2, 0.25) is 0 Å². The van der Waals surface area contributed by atoms with Gasteiger partial charge in [-0.15, -0.1) is 11.3 Å². The number of fused-ring (bicyclic) bond motifs is 1. The molecule has 0 spiro atoms. The van der Waals surface area contributed by atoms with Gasteiger partial charge < -0.3 is 0 Å². The summed E-state index contributed by atoms with van der Waals surface area (Å²) in [7, 11) is -3.73. The fourth-order valence-corrected chi connectivity index (χ4v) is 5.27. The molecule has 4 rings (SSSR count). The molecule has 0 fully saturated rings. The highest BCUT2D eigenvalue weighted by atomic mass is 32.2. The van der Waals surface area contributed by atoms with E-state index in [4.69, 9.17) is 0 Å². The number of rotatable bonds is 5. The molecule has 1 aromatic heterocycles. The van der Waals surface area contributed by atoms with Crippen LogP contribution in [-0.2, 0) is 22.9 Å². The Morgan fingerprint density at radius 1 is 1.07 bits per heavy atom.